The van der Waals surface area contributed by atoms with Crippen LogP contribution in [-0.4, -0.2) is 33.2 Å². The summed E-state index contributed by atoms with van der Waals surface area (Å²) in [5.41, 5.74) is 2.81. The summed E-state index contributed by atoms with van der Waals surface area (Å²) in [6, 6.07) is 3.66. The minimum atomic E-state index is -0.157. The van der Waals surface area contributed by atoms with E-state index in [1.807, 2.05) is 6.07 Å². The maximum Gasteiger partial charge on any atom is 0.333 e. The van der Waals surface area contributed by atoms with Crippen LogP contribution in [0.15, 0.2) is 35.5 Å². The van der Waals surface area contributed by atoms with Crippen LogP contribution in [0, 0.1) is 0 Å². The molecule has 0 unspecified atom stereocenters. The van der Waals surface area contributed by atoms with Gasteiger partial charge in [0.1, 0.15) is 0 Å². The summed E-state index contributed by atoms with van der Waals surface area (Å²) in [7, 11) is 4.87. The summed E-state index contributed by atoms with van der Waals surface area (Å²) in [4.78, 5) is 20.9. The standard InChI is InChI=1S/C15H16N4O3/c1-18-8-12(10-4-5-13(22-3)16-6-10)14-17-11(9-21-2)7-19(14)15(18)20/h4-8H,9H2,1-3H3. The fraction of sp³-hybridized carbons (Fsp3) is 0.267. The van der Waals surface area contributed by atoms with Crippen LogP contribution < -0.4 is 10.4 Å². The first-order valence-electron chi connectivity index (χ1n) is 6.71. The van der Waals surface area contributed by atoms with Crippen molar-refractivity contribution in [3.8, 4) is 17.0 Å². The van der Waals surface area contributed by atoms with Crippen LogP contribution in [0.4, 0.5) is 0 Å². The molecule has 0 atom stereocenters. The van der Waals surface area contributed by atoms with E-state index in [0.717, 1.165) is 11.1 Å². The van der Waals surface area contributed by atoms with Gasteiger partial charge in [-0.15, -0.1) is 0 Å². The Bertz CT molecular complexity index is 865. The first-order chi connectivity index (χ1) is 10.6. The Kier molecular flexibility index (Phi) is 3.64. The quantitative estimate of drug-likeness (QED) is 0.725. The Balaban J connectivity index is 2.23. The number of fused-ring (bicyclic) bond motifs is 1. The van der Waals surface area contributed by atoms with E-state index in [1.54, 1.807) is 45.9 Å². The van der Waals surface area contributed by atoms with Crippen LogP contribution in [0.25, 0.3) is 16.8 Å². The van der Waals surface area contributed by atoms with Crippen LogP contribution in [0.5, 0.6) is 5.88 Å². The largest absolute Gasteiger partial charge is 0.481 e. The van der Waals surface area contributed by atoms with Crippen molar-refractivity contribution in [2.24, 2.45) is 7.05 Å². The summed E-state index contributed by atoms with van der Waals surface area (Å²) in [6.07, 6.45) is 5.15. The molecule has 0 saturated carbocycles. The van der Waals surface area contributed by atoms with Crippen molar-refractivity contribution in [3.05, 3.63) is 46.9 Å². The van der Waals surface area contributed by atoms with Crippen LogP contribution in [0.2, 0.25) is 0 Å². The minimum absolute atomic E-state index is 0.157. The molecule has 22 heavy (non-hydrogen) atoms. The van der Waals surface area contributed by atoms with E-state index in [0.29, 0.717) is 23.8 Å². The fourth-order valence-corrected chi connectivity index (χ4v) is 2.32. The molecule has 3 aromatic heterocycles. The lowest BCUT2D eigenvalue weighted by Gasteiger charge is -2.07. The van der Waals surface area contributed by atoms with Crippen LogP contribution in [0.1, 0.15) is 5.69 Å². The highest BCUT2D eigenvalue weighted by atomic mass is 16.5. The number of methoxy groups -OCH3 is 2. The molecule has 0 N–H and O–H groups in total. The Morgan fingerprint density at radius 1 is 1.23 bits per heavy atom. The van der Waals surface area contributed by atoms with Gasteiger partial charge in [0.2, 0.25) is 5.88 Å². The van der Waals surface area contributed by atoms with Crippen molar-refractivity contribution in [1.29, 1.82) is 0 Å². The molecule has 0 saturated heterocycles. The van der Waals surface area contributed by atoms with Crippen molar-refractivity contribution < 1.29 is 9.47 Å². The third-order valence-corrected chi connectivity index (χ3v) is 3.38. The van der Waals surface area contributed by atoms with Gasteiger partial charge in [0.15, 0.2) is 5.65 Å². The average Bonchev–Trinajstić information content (AvgIpc) is 2.95. The van der Waals surface area contributed by atoms with E-state index in [9.17, 15) is 4.79 Å². The van der Waals surface area contributed by atoms with E-state index in [-0.39, 0.29) is 5.69 Å². The second-order valence-corrected chi connectivity index (χ2v) is 4.88. The predicted octanol–water partition coefficient (Wildman–Crippen LogP) is 1.25. The molecule has 0 aromatic carbocycles. The molecule has 0 aliphatic carbocycles. The Morgan fingerprint density at radius 3 is 2.68 bits per heavy atom. The van der Waals surface area contributed by atoms with Crippen molar-refractivity contribution in [3.63, 3.8) is 0 Å². The zero-order chi connectivity index (χ0) is 15.7. The maximum absolute atomic E-state index is 12.2. The van der Waals surface area contributed by atoms with Gasteiger partial charge >= 0.3 is 5.69 Å². The summed E-state index contributed by atoms with van der Waals surface area (Å²) in [5.74, 6) is 0.535. The second kappa shape index (κ2) is 5.61. The predicted molar refractivity (Wildman–Crippen MR) is 80.9 cm³/mol. The molecule has 0 aliphatic heterocycles. The first-order valence-corrected chi connectivity index (χ1v) is 6.71. The topological polar surface area (TPSA) is 70.7 Å². The molecular weight excluding hydrogens is 284 g/mol. The van der Waals surface area contributed by atoms with E-state index < -0.39 is 0 Å². The van der Waals surface area contributed by atoms with Crippen molar-refractivity contribution >= 4 is 5.65 Å². The van der Waals surface area contributed by atoms with Crippen LogP contribution >= 0.6 is 0 Å². The highest BCUT2D eigenvalue weighted by molar-refractivity contribution is 5.76. The normalized spacial score (nSPS) is 11.0. The van der Waals surface area contributed by atoms with Gasteiger partial charge in [0, 0.05) is 49.9 Å². The number of hydrogen-bond donors (Lipinski definition) is 0. The zero-order valence-electron chi connectivity index (χ0n) is 12.6. The number of pyridine rings is 1. The summed E-state index contributed by atoms with van der Waals surface area (Å²) >= 11 is 0. The molecule has 3 rings (SSSR count). The van der Waals surface area contributed by atoms with Gasteiger partial charge in [-0.3, -0.25) is 4.40 Å². The minimum Gasteiger partial charge on any atom is -0.481 e. The third-order valence-electron chi connectivity index (χ3n) is 3.38. The Morgan fingerprint density at radius 2 is 2.05 bits per heavy atom. The van der Waals surface area contributed by atoms with Gasteiger partial charge in [-0.05, 0) is 6.07 Å². The van der Waals surface area contributed by atoms with Gasteiger partial charge in [-0.25, -0.2) is 14.8 Å². The van der Waals surface area contributed by atoms with Gasteiger partial charge in [-0.1, -0.05) is 0 Å². The molecule has 3 aromatic rings. The molecule has 114 valence electrons. The maximum atomic E-state index is 12.2. The second-order valence-electron chi connectivity index (χ2n) is 4.88. The number of ether oxygens (including phenoxy) is 2. The molecule has 0 spiro atoms. The molecule has 0 amide bonds. The fourth-order valence-electron chi connectivity index (χ4n) is 2.32. The van der Waals surface area contributed by atoms with E-state index in [2.05, 4.69) is 9.97 Å². The summed E-state index contributed by atoms with van der Waals surface area (Å²) in [5, 5.41) is 0. The number of aryl methyl sites for hydroxylation is 1. The van der Waals surface area contributed by atoms with Gasteiger partial charge in [0.25, 0.3) is 0 Å². The highest BCUT2D eigenvalue weighted by Crippen LogP contribution is 2.23. The van der Waals surface area contributed by atoms with Gasteiger partial charge in [0.05, 0.1) is 19.4 Å². The van der Waals surface area contributed by atoms with Crippen LogP contribution in [-0.2, 0) is 18.4 Å². The molecule has 0 radical (unpaired) electrons. The van der Waals surface area contributed by atoms with Crippen molar-refractivity contribution in [1.82, 2.24) is 18.9 Å². The molecule has 7 nitrogen and oxygen atoms in total. The summed E-state index contributed by atoms with van der Waals surface area (Å²) < 4.78 is 13.2. The number of nitrogens with zero attached hydrogens (tertiary/aromatic N) is 4. The smallest absolute Gasteiger partial charge is 0.333 e. The Hall–Kier alpha value is -2.67. The number of aromatic nitrogens is 4. The number of imidazole rings is 1. The molecule has 7 heteroatoms. The third kappa shape index (κ3) is 2.35. The molecular formula is C15H16N4O3. The monoisotopic (exact) mass is 300 g/mol. The van der Waals surface area contributed by atoms with Gasteiger partial charge in [-0.2, -0.15) is 0 Å². The lowest BCUT2D eigenvalue weighted by atomic mass is 10.1. The van der Waals surface area contributed by atoms with E-state index >= 15 is 0 Å². The first kappa shape index (κ1) is 14.3. The van der Waals surface area contributed by atoms with E-state index in [1.165, 1.54) is 8.97 Å². The zero-order valence-corrected chi connectivity index (χ0v) is 12.6. The average molecular weight is 300 g/mol. The van der Waals surface area contributed by atoms with Crippen molar-refractivity contribution in [2.45, 2.75) is 6.61 Å². The summed E-state index contributed by atoms with van der Waals surface area (Å²) in [6.45, 7) is 0.352. The molecule has 0 fully saturated rings. The molecule has 0 aliphatic rings. The lowest BCUT2D eigenvalue weighted by molar-refractivity contribution is 0.182. The number of rotatable bonds is 4. The highest BCUT2D eigenvalue weighted by Gasteiger charge is 2.13. The molecule has 0 bridgehead atoms. The lowest BCUT2D eigenvalue weighted by Crippen LogP contribution is -2.23. The Labute approximate surface area is 126 Å². The van der Waals surface area contributed by atoms with Crippen LogP contribution in [0.3, 0.4) is 0 Å². The van der Waals surface area contributed by atoms with Crippen molar-refractivity contribution in [2.75, 3.05) is 14.2 Å². The number of hydrogen-bond acceptors (Lipinski definition) is 5. The molecule has 3 heterocycles. The van der Waals surface area contributed by atoms with E-state index in [4.69, 9.17) is 9.47 Å². The SMILES string of the molecule is COCc1cn2c(=O)n(C)cc(-c3ccc(OC)nc3)c2n1. The van der Waals surface area contributed by atoms with Gasteiger partial charge < -0.3 is 14.0 Å².